The second-order valence-electron chi connectivity index (χ2n) is 6.24. The fraction of sp³-hybridized carbons (Fsp3) is 0.750. The molecule has 0 bridgehead atoms. The zero-order valence-electron chi connectivity index (χ0n) is 12.6. The molecule has 1 saturated carbocycles. The van der Waals surface area contributed by atoms with Crippen molar-refractivity contribution >= 4 is 23.2 Å². The van der Waals surface area contributed by atoms with Crippen LogP contribution >= 0.6 is 23.2 Å². The van der Waals surface area contributed by atoms with Gasteiger partial charge in [0, 0.05) is 11.5 Å². The van der Waals surface area contributed by atoms with E-state index in [1.165, 1.54) is 38.5 Å². The maximum Gasteiger partial charge on any atom is 0.137 e. The summed E-state index contributed by atoms with van der Waals surface area (Å²) in [5.41, 5.74) is 0.872. The molecule has 1 aliphatic carbocycles. The molecule has 112 valence electrons. The summed E-state index contributed by atoms with van der Waals surface area (Å²) in [7, 11) is 0. The number of hydrogen-bond acceptors (Lipinski definition) is 2. The van der Waals surface area contributed by atoms with Crippen LogP contribution in [0.15, 0.2) is 0 Å². The molecule has 0 radical (unpaired) electrons. The van der Waals surface area contributed by atoms with Crippen molar-refractivity contribution in [2.24, 2.45) is 5.92 Å². The Hall–Kier alpha value is -0.340. The largest absolute Gasteiger partial charge is 0.221 e. The lowest BCUT2D eigenvalue weighted by atomic mass is 9.80. The fourth-order valence-electron chi connectivity index (χ4n) is 3.21. The van der Waals surface area contributed by atoms with E-state index in [1.54, 1.807) is 0 Å². The summed E-state index contributed by atoms with van der Waals surface area (Å²) in [6.45, 7) is 6.39. The third-order valence-electron chi connectivity index (χ3n) is 4.36. The molecular formula is C16H24Cl2N2. The van der Waals surface area contributed by atoms with Crippen molar-refractivity contribution in [3.8, 4) is 0 Å². The van der Waals surface area contributed by atoms with Crippen molar-refractivity contribution in [1.29, 1.82) is 0 Å². The first-order valence-electron chi connectivity index (χ1n) is 7.75. The maximum absolute atomic E-state index is 6.29. The van der Waals surface area contributed by atoms with Crippen LogP contribution in [-0.4, -0.2) is 9.97 Å². The van der Waals surface area contributed by atoms with Crippen LogP contribution in [0, 0.1) is 5.92 Å². The Morgan fingerprint density at radius 1 is 1.05 bits per heavy atom. The molecule has 0 amide bonds. The molecule has 0 saturated heterocycles. The van der Waals surface area contributed by atoms with Gasteiger partial charge in [-0.1, -0.05) is 56.8 Å². The molecule has 0 aliphatic heterocycles. The normalized spacial score (nSPS) is 23.3. The number of halogens is 2. The maximum atomic E-state index is 6.29. The van der Waals surface area contributed by atoms with E-state index in [0.29, 0.717) is 16.2 Å². The molecule has 4 heteroatoms. The third-order valence-corrected chi connectivity index (χ3v) is 4.93. The predicted molar refractivity (Wildman–Crippen MR) is 85.7 cm³/mol. The van der Waals surface area contributed by atoms with Gasteiger partial charge in [0.1, 0.15) is 16.1 Å². The summed E-state index contributed by atoms with van der Waals surface area (Å²) >= 11 is 12.6. The van der Waals surface area contributed by atoms with Gasteiger partial charge in [-0.15, -0.1) is 0 Å². The second kappa shape index (κ2) is 7.09. The summed E-state index contributed by atoms with van der Waals surface area (Å²) in [5.74, 6) is 2.42. The molecule has 2 rings (SSSR count). The minimum absolute atomic E-state index is 0.254. The van der Waals surface area contributed by atoms with Gasteiger partial charge in [-0.05, 0) is 37.5 Å². The lowest BCUT2D eigenvalue weighted by molar-refractivity contribution is 0.302. The molecule has 20 heavy (non-hydrogen) atoms. The highest BCUT2D eigenvalue weighted by atomic mass is 35.5. The molecule has 1 aromatic rings. The number of aromatic nitrogens is 2. The van der Waals surface area contributed by atoms with Crippen molar-refractivity contribution in [3.63, 3.8) is 0 Å². The Labute approximate surface area is 132 Å². The third kappa shape index (κ3) is 3.65. The molecule has 0 N–H and O–H groups in total. The molecule has 0 aromatic carbocycles. The lowest BCUT2D eigenvalue weighted by Crippen LogP contribution is -2.16. The Balaban J connectivity index is 2.11. The van der Waals surface area contributed by atoms with Crippen LogP contribution in [0.2, 0.25) is 10.3 Å². The average molecular weight is 315 g/mol. The van der Waals surface area contributed by atoms with Crippen molar-refractivity contribution in [3.05, 3.63) is 21.7 Å². The molecule has 0 unspecified atom stereocenters. The van der Waals surface area contributed by atoms with Crippen LogP contribution in [0.1, 0.15) is 82.5 Å². The monoisotopic (exact) mass is 314 g/mol. The first-order chi connectivity index (χ1) is 9.52. The highest BCUT2D eigenvalue weighted by Crippen LogP contribution is 2.38. The highest BCUT2D eigenvalue weighted by molar-refractivity contribution is 6.34. The van der Waals surface area contributed by atoms with Gasteiger partial charge in [-0.25, -0.2) is 9.97 Å². The fourth-order valence-corrected chi connectivity index (χ4v) is 4.05. The van der Waals surface area contributed by atoms with Gasteiger partial charge in [0.15, 0.2) is 0 Å². The number of rotatable bonds is 4. The second-order valence-corrected chi connectivity index (χ2v) is 6.95. The molecule has 2 nitrogen and oxygen atoms in total. The van der Waals surface area contributed by atoms with Crippen LogP contribution in [0.4, 0.5) is 0 Å². The van der Waals surface area contributed by atoms with E-state index in [4.69, 9.17) is 23.2 Å². The van der Waals surface area contributed by atoms with E-state index in [9.17, 15) is 0 Å². The van der Waals surface area contributed by atoms with E-state index in [0.717, 1.165) is 17.3 Å². The van der Waals surface area contributed by atoms with Crippen molar-refractivity contribution in [2.75, 3.05) is 0 Å². The van der Waals surface area contributed by atoms with E-state index in [1.807, 2.05) is 0 Å². The van der Waals surface area contributed by atoms with Crippen LogP contribution < -0.4 is 0 Å². The van der Waals surface area contributed by atoms with Crippen molar-refractivity contribution in [2.45, 2.75) is 71.1 Å². The summed E-state index contributed by atoms with van der Waals surface area (Å²) in [4.78, 5) is 9.04. The quantitative estimate of drug-likeness (QED) is 0.639. The topological polar surface area (TPSA) is 25.8 Å². The predicted octanol–water partition coefficient (Wildman–Crippen LogP) is 5.98. The Bertz CT molecular complexity index is 429. The molecule has 1 heterocycles. The SMILES string of the molecule is CCCC1CCC(c2nc(Cl)c(C(C)C)c(Cl)n2)CC1. The zero-order chi connectivity index (χ0) is 14.7. The first kappa shape index (κ1) is 16.0. The van der Waals surface area contributed by atoms with E-state index >= 15 is 0 Å². The Morgan fingerprint density at radius 2 is 1.60 bits per heavy atom. The van der Waals surface area contributed by atoms with E-state index in [-0.39, 0.29) is 5.92 Å². The Kier molecular flexibility index (Phi) is 5.68. The van der Waals surface area contributed by atoms with E-state index in [2.05, 4.69) is 30.7 Å². The van der Waals surface area contributed by atoms with Gasteiger partial charge >= 0.3 is 0 Å². The molecule has 1 aromatic heterocycles. The summed E-state index contributed by atoms with van der Waals surface area (Å²) in [6, 6.07) is 0. The molecule has 0 spiro atoms. The molecule has 0 atom stereocenters. The van der Waals surface area contributed by atoms with Crippen molar-refractivity contribution in [1.82, 2.24) is 9.97 Å². The summed E-state index contributed by atoms with van der Waals surface area (Å²) < 4.78 is 0. The van der Waals surface area contributed by atoms with Gasteiger partial charge in [0.25, 0.3) is 0 Å². The number of nitrogens with zero attached hydrogens (tertiary/aromatic N) is 2. The smallest absolute Gasteiger partial charge is 0.137 e. The highest BCUT2D eigenvalue weighted by Gasteiger charge is 2.25. The van der Waals surface area contributed by atoms with Crippen molar-refractivity contribution < 1.29 is 0 Å². The number of hydrogen-bond donors (Lipinski definition) is 0. The van der Waals surface area contributed by atoms with Gasteiger partial charge < -0.3 is 0 Å². The van der Waals surface area contributed by atoms with Gasteiger partial charge in [-0.3, -0.25) is 0 Å². The standard InChI is InChI=1S/C16H24Cl2N2/c1-4-5-11-6-8-12(9-7-11)16-19-14(17)13(10(2)3)15(18)20-16/h10-12H,4-9H2,1-3H3. The minimum atomic E-state index is 0.254. The zero-order valence-corrected chi connectivity index (χ0v) is 14.1. The summed E-state index contributed by atoms with van der Waals surface area (Å²) in [6.07, 6.45) is 7.52. The average Bonchev–Trinajstić information content (AvgIpc) is 2.38. The van der Waals surface area contributed by atoms with Gasteiger partial charge in [0.05, 0.1) is 0 Å². The first-order valence-corrected chi connectivity index (χ1v) is 8.51. The van der Waals surface area contributed by atoms with Crippen LogP contribution in [-0.2, 0) is 0 Å². The van der Waals surface area contributed by atoms with Crippen LogP contribution in [0.25, 0.3) is 0 Å². The molecular weight excluding hydrogens is 291 g/mol. The molecule has 1 fully saturated rings. The summed E-state index contributed by atoms with van der Waals surface area (Å²) in [5, 5.41) is 1.07. The minimum Gasteiger partial charge on any atom is -0.221 e. The van der Waals surface area contributed by atoms with Gasteiger partial charge in [-0.2, -0.15) is 0 Å². The Morgan fingerprint density at radius 3 is 2.05 bits per heavy atom. The van der Waals surface area contributed by atoms with E-state index < -0.39 is 0 Å². The van der Waals surface area contributed by atoms with Crippen LogP contribution in [0.5, 0.6) is 0 Å². The lowest BCUT2D eigenvalue weighted by Gasteiger charge is -2.27. The van der Waals surface area contributed by atoms with Gasteiger partial charge in [0.2, 0.25) is 0 Å². The van der Waals surface area contributed by atoms with Crippen LogP contribution in [0.3, 0.4) is 0 Å². The molecule has 1 aliphatic rings.